The Hall–Kier alpha value is -3.95. The van der Waals surface area contributed by atoms with Gasteiger partial charge in [0.1, 0.15) is 12.6 Å². The van der Waals surface area contributed by atoms with Crippen LogP contribution in [0, 0.1) is 5.92 Å². The van der Waals surface area contributed by atoms with Crippen molar-refractivity contribution in [1.29, 1.82) is 0 Å². The lowest BCUT2D eigenvalue weighted by Crippen LogP contribution is -2.53. The van der Waals surface area contributed by atoms with Gasteiger partial charge in [-0.3, -0.25) is 13.9 Å². The van der Waals surface area contributed by atoms with Crippen LogP contribution in [0.1, 0.15) is 25.0 Å². The van der Waals surface area contributed by atoms with Gasteiger partial charge in [-0.25, -0.2) is 8.42 Å². The number of para-hydroxylation sites is 1. The summed E-state index contributed by atoms with van der Waals surface area (Å²) in [6.45, 7) is 4.09. The van der Waals surface area contributed by atoms with Crippen LogP contribution in [0.2, 0.25) is 0 Å². The van der Waals surface area contributed by atoms with Gasteiger partial charge in [0, 0.05) is 24.0 Å². The van der Waals surface area contributed by atoms with Crippen LogP contribution in [0.3, 0.4) is 0 Å². The zero-order valence-electron chi connectivity index (χ0n) is 24.3. The third kappa shape index (κ3) is 8.78. The number of halogens is 1. The Kier molecular flexibility index (Phi) is 11.1. The number of sulfonamides is 1. The zero-order valence-corrected chi connectivity index (χ0v) is 26.7. The van der Waals surface area contributed by atoms with E-state index in [1.165, 1.54) is 17.0 Å². The van der Waals surface area contributed by atoms with E-state index in [9.17, 15) is 18.0 Å². The first-order valence-corrected chi connectivity index (χ1v) is 16.4. The number of hydrogen-bond acceptors (Lipinski definition) is 4. The fraction of sp³-hybridized carbons (Fsp3) is 0.235. The molecule has 1 atom stereocenters. The Bertz CT molecular complexity index is 1580. The molecule has 4 rings (SSSR count). The second kappa shape index (κ2) is 15.0. The predicted octanol–water partition coefficient (Wildman–Crippen LogP) is 6.06. The molecule has 0 unspecified atom stereocenters. The molecule has 0 aromatic heterocycles. The molecule has 4 aromatic carbocycles. The minimum Gasteiger partial charge on any atom is -0.354 e. The van der Waals surface area contributed by atoms with Gasteiger partial charge in [-0.15, -0.1) is 0 Å². The summed E-state index contributed by atoms with van der Waals surface area (Å²) in [6, 6.07) is 32.7. The van der Waals surface area contributed by atoms with Crippen molar-refractivity contribution in [3.05, 3.63) is 131 Å². The van der Waals surface area contributed by atoms with Crippen molar-refractivity contribution in [2.75, 3.05) is 17.4 Å². The molecule has 224 valence electrons. The van der Waals surface area contributed by atoms with Gasteiger partial charge in [0.15, 0.2) is 0 Å². The first-order chi connectivity index (χ1) is 20.6. The van der Waals surface area contributed by atoms with E-state index in [1.807, 2.05) is 68.4 Å². The lowest BCUT2D eigenvalue weighted by atomic mass is 10.0. The van der Waals surface area contributed by atoms with Gasteiger partial charge in [-0.1, -0.05) is 109 Å². The van der Waals surface area contributed by atoms with Crippen molar-refractivity contribution in [2.45, 2.75) is 37.8 Å². The molecule has 4 aromatic rings. The van der Waals surface area contributed by atoms with Crippen LogP contribution in [0.4, 0.5) is 5.69 Å². The average Bonchev–Trinajstić information content (AvgIpc) is 3.02. The molecule has 0 spiro atoms. The third-order valence-electron chi connectivity index (χ3n) is 6.88. The summed E-state index contributed by atoms with van der Waals surface area (Å²) in [4.78, 5) is 29.7. The van der Waals surface area contributed by atoms with Gasteiger partial charge in [0.05, 0.1) is 10.6 Å². The third-order valence-corrected chi connectivity index (χ3v) is 9.19. The van der Waals surface area contributed by atoms with Crippen molar-refractivity contribution in [1.82, 2.24) is 10.2 Å². The number of anilines is 1. The van der Waals surface area contributed by atoms with Crippen LogP contribution >= 0.6 is 15.9 Å². The lowest BCUT2D eigenvalue weighted by Gasteiger charge is -2.34. The summed E-state index contributed by atoms with van der Waals surface area (Å²) in [6.07, 6.45) is 0.268. The number of nitrogens with one attached hydrogen (secondary N) is 1. The van der Waals surface area contributed by atoms with E-state index in [0.29, 0.717) is 12.2 Å². The van der Waals surface area contributed by atoms with Crippen molar-refractivity contribution >= 4 is 43.5 Å². The number of amides is 2. The maximum absolute atomic E-state index is 14.4. The molecule has 2 amide bonds. The number of hydrogen-bond donors (Lipinski definition) is 1. The van der Waals surface area contributed by atoms with Crippen molar-refractivity contribution < 1.29 is 18.0 Å². The van der Waals surface area contributed by atoms with Gasteiger partial charge in [0.2, 0.25) is 11.8 Å². The van der Waals surface area contributed by atoms with Crippen LogP contribution in [0.25, 0.3) is 0 Å². The number of carbonyl (C=O) groups excluding carboxylic acids is 2. The summed E-state index contributed by atoms with van der Waals surface area (Å²) >= 11 is 3.46. The Morgan fingerprint density at radius 2 is 1.33 bits per heavy atom. The molecule has 0 radical (unpaired) electrons. The summed E-state index contributed by atoms with van der Waals surface area (Å²) in [5, 5.41) is 3.00. The predicted molar refractivity (Wildman–Crippen MR) is 174 cm³/mol. The molecule has 43 heavy (non-hydrogen) atoms. The second-order valence-corrected chi connectivity index (χ2v) is 13.4. The topological polar surface area (TPSA) is 86.8 Å². The molecule has 0 aliphatic rings. The first-order valence-electron chi connectivity index (χ1n) is 14.1. The SMILES string of the molecule is CC(C)CNC(=O)[C@H](Cc1ccccc1)N(Cc1ccc(Br)cc1)C(=O)CN(c1ccccc1)S(=O)(=O)c1ccccc1. The molecule has 0 saturated carbocycles. The van der Waals surface area contributed by atoms with Crippen molar-refractivity contribution in [3.8, 4) is 0 Å². The number of nitrogens with zero attached hydrogens (tertiary/aromatic N) is 2. The van der Waals surface area contributed by atoms with E-state index in [2.05, 4.69) is 21.2 Å². The largest absolute Gasteiger partial charge is 0.354 e. The van der Waals surface area contributed by atoms with Gasteiger partial charge in [0.25, 0.3) is 10.0 Å². The molecule has 0 heterocycles. The molecule has 0 aliphatic heterocycles. The average molecular weight is 663 g/mol. The molecule has 0 fully saturated rings. The van der Waals surface area contributed by atoms with Crippen LogP contribution in [-0.2, 0) is 32.6 Å². The zero-order chi connectivity index (χ0) is 30.8. The van der Waals surface area contributed by atoms with E-state index in [1.54, 1.807) is 48.5 Å². The highest BCUT2D eigenvalue weighted by atomic mass is 79.9. The summed E-state index contributed by atoms with van der Waals surface area (Å²) in [7, 11) is -4.11. The Morgan fingerprint density at radius 3 is 1.91 bits per heavy atom. The van der Waals surface area contributed by atoms with Gasteiger partial charge >= 0.3 is 0 Å². The molecular weight excluding hydrogens is 626 g/mol. The highest BCUT2D eigenvalue weighted by molar-refractivity contribution is 9.10. The monoisotopic (exact) mass is 661 g/mol. The normalized spacial score (nSPS) is 12.0. The number of benzene rings is 4. The molecule has 0 saturated heterocycles. The molecular formula is C34H36BrN3O4S. The van der Waals surface area contributed by atoms with E-state index < -0.39 is 28.5 Å². The van der Waals surface area contributed by atoms with Crippen LogP contribution in [0.5, 0.6) is 0 Å². The Labute approximate surface area is 262 Å². The highest BCUT2D eigenvalue weighted by Gasteiger charge is 2.34. The van der Waals surface area contributed by atoms with Crippen molar-refractivity contribution in [2.24, 2.45) is 5.92 Å². The quantitative estimate of drug-likeness (QED) is 0.189. The Balaban J connectivity index is 1.77. The Morgan fingerprint density at radius 1 is 0.767 bits per heavy atom. The van der Waals surface area contributed by atoms with Gasteiger partial charge in [-0.05, 0) is 53.4 Å². The van der Waals surface area contributed by atoms with Gasteiger partial charge in [-0.2, -0.15) is 0 Å². The standard InChI is InChI=1S/C34H36BrN3O4S/c1-26(2)23-36-34(40)32(22-27-12-6-3-7-13-27)37(24-28-18-20-29(35)21-19-28)33(39)25-38(30-14-8-4-9-15-30)43(41,42)31-16-10-5-11-17-31/h3-21,26,32H,22-25H2,1-2H3,(H,36,40)/t32-/m0/s1. The van der Waals surface area contributed by atoms with Crippen LogP contribution in [0.15, 0.2) is 125 Å². The van der Waals surface area contributed by atoms with Gasteiger partial charge < -0.3 is 10.2 Å². The van der Waals surface area contributed by atoms with E-state index in [-0.39, 0.29) is 29.7 Å². The second-order valence-electron chi connectivity index (χ2n) is 10.7. The molecule has 9 heteroatoms. The lowest BCUT2D eigenvalue weighted by molar-refractivity contribution is -0.140. The summed E-state index contributed by atoms with van der Waals surface area (Å²) in [5.74, 6) is -0.575. The smallest absolute Gasteiger partial charge is 0.264 e. The van der Waals surface area contributed by atoms with E-state index in [4.69, 9.17) is 0 Å². The van der Waals surface area contributed by atoms with Crippen molar-refractivity contribution in [3.63, 3.8) is 0 Å². The number of carbonyl (C=O) groups is 2. The van der Waals surface area contributed by atoms with Crippen LogP contribution in [-0.4, -0.2) is 44.3 Å². The van der Waals surface area contributed by atoms with Crippen LogP contribution < -0.4 is 9.62 Å². The van der Waals surface area contributed by atoms with E-state index in [0.717, 1.165) is 19.9 Å². The maximum Gasteiger partial charge on any atom is 0.264 e. The summed E-state index contributed by atoms with van der Waals surface area (Å²) < 4.78 is 29.9. The summed E-state index contributed by atoms with van der Waals surface area (Å²) in [5.41, 5.74) is 2.05. The minimum atomic E-state index is -4.11. The number of rotatable bonds is 13. The first kappa shape index (κ1) is 32.0. The minimum absolute atomic E-state index is 0.0709. The highest BCUT2D eigenvalue weighted by Crippen LogP contribution is 2.25. The molecule has 1 N–H and O–H groups in total. The maximum atomic E-state index is 14.4. The molecule has 0 bridgehead atoms. The molecule has 0 aliphatic carbocycles. The fourth-order valence-corrected chi connectivity index (χ4v) is 6.31. The van der Waals surface area contributed by atoms with E-state index >= 15 is 0 Å². The molecule has 7 nitrogen and oxygen atoms in total. The fourth-order valence-electron chi connectivity index (χ4n) is 4.61.